The van der Waals surface area contributed by atoms with Gasteiger partial charge in [-0.1, -0.05) is 18.2 Å². The summed E-state index contributed by atoms with van der Waals surface area (Å²) < 4.78 is 20.3. The fourth-order valence-corrected chi connectivity index (χ4v) is 2.24. The van der Waals surface area contributed by atoms with Gasteiger partial charge in [0.2, 0.25) is 0 Å². The maximum atomic E-state index is 13.6. The normalized spacial score (nSPS) is 11.4. The summed E-state index contributed by atoms with van der Waals surface area (Å²) in [5, 5.41) is 0. The summed E-state index contributed by atoms with van der Waals surface area (Å²) in [4.78, 5) is 18.9. The van der Waals surface area contributed by atoms with Crippen LogP contribution in [0.4, 0.5) is 4.39 Å². The van der Waals surface area contributed by atoms with E-state index >= 15 is 0 Å². The second-order valence-corrected chi connectivity index (χ2v) is 4.37. The number of fused-ring (bicyclic) bond motifs is 2. The molecule has 0 bridgehead atoms. The first kappa shape index (κ1) is 11.0. The molecule has 0 aliphatic rings. The fourth-order valence-electron chi connectivity index (χ4n) is 2.24. The molecule has 0 saturated heterocycles. The highest BCUT2D eigenvalue weighted by Gasteiger charge is 2.15. The quantitative estimate of drug-likeness (QED) is 0.577. The van der Waals surface area contributed by atoms with E-state index in [1.165, 1.54) is 10.6 Å². The van der Waals surface area contributed by atoms with Gasteiger partial charge in [-0.15, -0.1) is 0 Å². The zero-order chi connectivity index (χ0) is 13.7. The van der Waals surface area contributed by atoms with E-state index in [-0.39, 0.29) is 17.3 Å². The molecule has 0 amide bonds. The molecule has 0 saturated carbocycles. The van der Waals surface area contributed by atoms with Crippen molar-refractivity contribution in [2.24, 2.45) is 0 Å². The number of para-hydroxylation sites is 3. The SMILES string of the molecule is O=c1[nH]c2ccccc2n1-c1nc2cccc(F)c2o1. The number of halogens is 1. The maximum absolute atomic E-state index is 13.6. The van der Waals surface area contributed by atoms with Crippen LogP contribution in [0.1, 0.15) is 0 Å². The van der Waals surface area contributed by atoms with Crippen LogP contribution < -0.4 is 5.69 Å². The molecule has 2 heterocycles. The Kier molecular flexibility index (Phi) is 2.09. The predicted octanol–water partition coefficient (Wildman–Crippen LogP) is 2.60. The molecule has 4 aromatic rings. The maximum Gasteiger partial charge on any atom is 0.334 e. The summed E-state index contributed by atoms with van der Waals surface area (Å²) in [7, 11) is 0. The number of benzene rings is 2. The molecule has 6 heteroatoms. The summed E-state index contributed by atoms with van der Waals surface area (Å²) in [6, 6.07) is 11.7. The summed E-state index contributed by atoms with van der Waals surface area (Å²) in [5.74, 6) is -0.505. The molecule has 2 aromatic heterocycles. The minimum atomic E-state index is -0.505. The lowest BCUT2D eigenvalue weighted by atomic mass is 10.3. The van der Waals surface area contributed by atoms with Gasteiger partial charge >= 0.3 is 11.7 Å². The second kappa shape index (κ2) is 3.80. The molecule has 0 radical (unpaired) electrons. The molecular weight excluding hydrogens is 261 g/mol. The van der Waals surface area contributed by atoms with E-state index in [9.17, 15) is 9.18 Å². The number of aromatic amines is 1. The number of nitrogens with zero attached hydrogens (tertiary/aromatic N) is 2. The van der Waals surface area contributed by atoms with Gasteiger partial charge in [0, 0.05) is 0 Å². The van der Waals surface area contributed by atoms with Crippen molar-refractivity contribution in [3.8, 4) is 6.01 Å². The van der Waals surface area contributed by atoms with Gasteiger partial charge in [0.25, 0.3) is 0 Å². The second-order valence-electron chi connectivity index (χ2n) is 4.37. The largest absolute Gasteiger partial charge is 0.420 e. The third kappa shape index (κ3) is 1.41. The van der Waals surface area contributed by atoms with Crippen molar-refractivity contribution >= 4 is 22.1 Å². The number of oxazole rings is 1. The van der Waals surface area contributed by atoms with Crippen LogP contribution in [0.2, 0.25) is 0 Å². The van der Waals surface area contributed by atoms with Gasteiger partial charge in [0.15, 0.2) is 11.4 Å². The lowest BCUT2D eigenvalue weighted by Gasteiger charge is -1.95. The molecule has 4 rings (SSSR count). The van der Waals surface area contributed by atoms with Crippen LogP contribution in [0.15, 0.2) is 51.7 Å². The number of hydrogen-bond donors (Lipinski definition) is 1. The first-order chi connectivity index (χ1) is 9.74. The Morgan fingerprint density at radius 3 is 2.85 bits per heavy atom. The molecule has 5 nitrogen and oxygen atoms in total. The van der Waals surface area contributed by atoms with Crippen LogP contribution in [-0.4, -0.2) is 14.5 Å². The minimum Gasteiger partial charge on any atom is -0.420 e. The smallest absolute Gasteiger partial charge is 0.334 e. The third-order valence-corrected chi connectivity index (χ3v) is 3.14. The number of hydrogen-bond acceptors (Lipinski definition) is 3. The fraction of sp³-hybridized carbons (Fsp3) is 0. The number of imidazole rings is 1. The monoisotopic (exact) mass is 269 g/mol. The van der Waals surface area contributed by atoms with Gasteiger partial charge in [0.05, 0.1) is 11.0 Å². The van der Waals surface area contributed by atoms with Gasteiger partial charge in [0.1, 0.15) is 5.52 Å². The number of rotatable bonds is 1. The van der Waals surface area contributed by atoms with Crippen molar-refractivity contribution < 1.29 is 8.81 Å². The van der Waals surface area contributed by atoms with E-state index in [2.05, 4.69) is 9.97 Å². The third-order valence-electron chi connectivity index (χ3n) is 3.14. The van der Waals surface area contributed by atoms with E-state index in [0.29, 0.717) is 16.6 Å². The van der Waals surface area contributed by atoms with E-state index in [1.54, 1.807) is 30.3 Å². The minimum absolute atomic E-state index is 0.0414. The van der Waals surface area contributed by atoms with Gasteiger partial charge < -0.3 is 9.40 Å². The molecule has 0 aliphatic heterocycles. The van der Waals surface area contributed by atoms with Crippen molar-refractivity contribution in [1.82, 2.24) is 14.5 Å². The first-order valence-electron chi connectivity index (χ1n) is 5.99. The van der Waals surface area contributed by atoms with Crippen molar-refractivity contribution in [3.05, 3.63) is 58.8 Å². The Balaban J connectivity index is 2.09. The molecule has 0 unspecified atom stereocenters. The zero-order valence-corrected chi connectivity index (χ0v) is 10.1. The number of aromatic nitrogens is 3. The highest BCUT2D eigenvalue weighted by molar-refractivity contribution is 5.78. The number of nitrogens with one attached hydrogen (secondary N) is 1. The Labute approximate surface area is 111 Å². The van der Waals surface area contributed by atoms with Crippen molar-refractivity contribution in [2.75, 3.05) is 0 Å². The Morgan fingerprint density at radius 2 is 2.00 bits per heavy atom. The number of H-pyrrole nitrogens is 1. The molecule has 0 spiro atoms. The van der Waals surface area contributed by atoms with Gasteiger partial charge in [-0.05, 0) is 24.3 Å². The molecule has 2 aromatic carbocycles. The summed E-state index contributed by atoms with van der Waals surface area (Å²) in [5.41, 5.74) is 1.33. The van der Waals surface area contributed by atoms with E-state index in [1.807, 2.05) is 6.07 Å². The predicted molar refractivity (Wildman–Crippen MR) is 71.4 cm³/mol. The van der Waals surface area contributed by atoms with Gasteiger partial charge in [-0.2, -0.15) is 4.98 Å². The lowest BCUT2D eigenvalue weighted by molar-refractivity contribution is 0.532. The van der Waals surface area contributed by atoms with Crippen LogP contribution >= 0.6 is 0 Å². The molecule has 0 atom stereocenters. The summed E-state index contributed by atoms with van der Waals surface area (Å²) in [6.07, 6.45) is 0. The first-order valence-corrected chi connectivity index (χ1v) is 5.99. The summed E-state index contributed by atoms with van der Waals surface area (Å²) >= 11 is 0. The van der Waals surface area contributed by atoms with E-state index in [0.717, 1.165) is 0 Å². The van der Waals surface area contributed by atoms with Crippen molar-refractivity contribution in [1.29, 1.82) is 0 Å². The highest BCUT2D eigenvalue weighted by Crippen LogP contribution is 2.22. The molecule has 0 fully saturated rings. The van der Waals surface area contributed by atoms with Crippen molar-refractivity contribution in [2.45, 2.75) is 0 Å². The van der Waals surface area contributed by atoms with Gasteiger partial charge in [-0.25, -0.2) is 13.8 Å². The van der Waals surface area contributed by atoms with Crippen molar-refractivity contribution in [3.63, 3.8) is 0 Å². The molecule has 98 valence electrons. The topological polar surface area (TPSA) is 63.8 Å². The molecule has 20 heavy (non-hydrogen) atoms. The highest BCUT2D eigenvalue weighted by atomic mass is 19.1. The zero-order valence-electron chi connectivity index (χ0n) is 10.1. The van der Waals surface area contributed by atoms with Crippen LogP contribution in [0.3, 0.4) is 0 Å². The molecule has 1 N–H and O–H groups in total. The summed E-state index contributed by atoms with van der Waals surface area (Å²) in [6.45, 7) is 0. The van der Waals surface area contributed by atoms with Gasteiger partial charge in [-0.3, -0.25) is 0 Å². The average Bonchev–Trinajstić information content (AvgIpc) is 2.99. The molecule has 0 aliphatic carbocycles. The average molecular weight is 269 g/mol. The van der Waals surface area contributed by atoms with Crippen LogP contribution in [0.25, 0.3) is 28.1 Å². The van der Waals surface area contributed by atoms with E-state index < -0.39 is 5.82 Å². The standard InChI is InChI=1S/C14H8FN3O2/c15-8-4-3-6-10-12(8)20-14(17-10)18-11-7-2-1-5-9(11)16-13(18)19/h1-7H,(H,16,19). The van der Waals surface area contributed by atoms with Crippen LogP contribution in [0, 0.1) is 5.82 Å². The Morgan fingerprint density at radius 1 is 1.15 bits per heavy atom. The molecular formula is C14H8FN3O2. The Bertz CT molecular complexity index is 996. The van der Waals surface area contributed by atoms with Crippen LogP contribution in [-0.2, 0) is 0 Å². The van der Waals surface area contributed by atoms with Crippen LogP contribution in [0.5, 0.6) is 0 Å². The lowest BCUT2D eigenvalue weighted by Crippen LogP contribution is -2.14. The Hall–Kier alpha value is -2.89. The van der Waals surface area contributed by atoms with E-state index in [4.69, 9.17) is 4.42 Å².